The topological polar surface area (TPSA) is 69.6 Å². The lowest BCUT2D eigenvalue weighted by atomic mass is 10.0. The third-order valence-electron chi connectivity index (χ3n) is 10.5. The molecule has 0 saturated carbocycles. The summed E-state index contributed by atoms with van der Waals surface area (Å²) in [5.74, 6) is -0.0617. The monoisotopic (exact) mass is 692 g/mol. The van der Waals surface area contributed by atoms with E-state index in [2.05, 4.69) is 19.2 Å². The van der Waals surface area contributed by atoms with Crippen LogP contribution >= 0.6 is 0 Å². The van der Waals surface area contributed by atoms with Crippen LogP contribution < -0.4 is 5.32 Å². The summed E-state index contributed by atoms with van der Waals surface area (Å²) in [5, 5.41) is 22.9. The molecule has 0 aliphatic carbocycles. The van der Waals surface area contributed by atoms with Gasteiger partial charge >= 0.3 is 0 Å². The van der Waals surface area contributed by atoms with Crippen molar-refractivity contribution in [2.45, 2.75) is 264 Å². The molecule has 0 bridgehead atoms. The zero-order chi connectivity index (χ0) is 35.7. The molecule has 0 aromatic heterocycles. The fourth-order valence-electron chi connectivity index (χ4n) is 7.06. The summed E-state index contributed by atoms with van der Waals surface area (Å²) >= 11 is 0. The number of rotatable bonds is 41. The van der Waals surface area contributed by atoms with Gasteiger partial charge in [-0.05, 0) is 19.3 Å². The largest absolute Gasteiger partial charge is 0.394 e. The molecule has 2 unspecified atom stereocenters. The highest BCUT2D eigenvalue weighted by molar-refractivity contribution is 5.76. The van der Waals surface area contributed by atoms with Crippen LogP contribution in [0.3, 0.4) is 0 Å². The molecule has 3 N–H and O–H groups in total. The van der Waals surface area contributed by atoms with Crippen LogP contribution in [0, 0.1) is 0 Å². The van der Waals surface area contributed by atoms with Gasteiger partial charge in [0.15, 0.2) is 0 Å². The van der Waals surface area contributed by atoms with Crippen molar-refractivity contribution in [1.82, 2.24) is 5.32 Å². The second kappa shape index (κ2) is 41.5. The van der Waals surface area contributed by atoms with Crippen LogP contribution in [-0.4, -0.2) is 34.9 Å². The molecule has 0 spiro atoms. The van der Waals surface area contributed by atoms with Gasteiger partial charge in [-0.15, -0.1) is 0 Å². The van der Waals surface area contributed by atoms with Crippen LogP contribution in [0.2, 0.25) is 0 Å². The zero-order valence-corrected chi connectivity index (χ0v) is 33.5. The summed E-state index contributed by atoms with van der Waals surface area (Å²) in [6, 6.07) is -0.614. The quantitative estimate of drug-likeness (QED) is 0.0441. The van der Waals surface area contributed by atoms with Crippen molar-refractivity contribution in [3.63, 3.8) is 0 Å². The highest BCUT2D eigenvalue weighted by atomic mass is 16.3. The normalized spacial score (nSPS) is 13.0. The number of amides is 1. The van der Waals surface area contributed by atoms with Gasteiger partial charge in [0.1, 0.15) is 0 Å². The number of nitrogens with one attached hydrogen (secondary N) is 1. The molecule has 0 saturated heterocycles. The van der Waals surface area contributed by atoms with Crippen LogP contribution in [0.1, 0.15) is 251 Å². The van der Waals surface area contributed by atoms with Crippen molar-refractivity contribution < 1.29 is 15.0 Å². The number of hydrogen-bond acceptors (Lipinski definition) is 3. The van der Waals surface area contributed by atoms with E-state index in [-0.39, 0.29) is 12.5 Å². The maximum atomic E-state index is 12.3. The summed E-state index contributed by atoms with van der Waals surface area (Å²) in [6.45, 7) is 4.30. The van der Waals surface area contributed by atoms with E-state index in [0.717, 1.165) is 25.7 Å². The van der Waals surface area contributed by atoms with Crippen molar-refractivity contribution in [3.05, 3.63) is 12.2 Å². The van der Waals surface area contributed by atoms with Crippen molar-refractivity contribution in [3.8, 4) is 0 Å². The Labute approximate surface area is 307 Å². The van der Waals surface area contributed by atoms with Crippen LogP contribution in [0.4, 0.5) is 0 Å². The van der Waals surface area contributed by atoms with Gasteiger partial charge in [0.05, 0.1) is 18.8 Å². The van der Waals surface area contributed by atoms with Crippen molar-refractivity contribution in [2.24, 2.45) is 0 Å². The molecule has 0 rings (SSSR count). The zero-order valence-electron chi connectivity index (χ0n) is 33.5. The van der Waals surface area contributed by atoms with E-state index >= 15 is 0 Å². The Hall–Kier alpha value is -0.870. The van der Waals surface area contributed by atoms with Gasteiger partial charge in [-0.2, -0.15) is 0 Å². The van der Waals surface area contributed by atoms with E-state index in [9.17, 15) is 15.0 Å². The van der Waals surface area contributed by atoms with E-state index in [4.69, 9.17) is 0 Å². The maximum Gasteiger partial charge on any atom is 0.220 e. The number of aliphatic hydroxyl groups excluding tert-OH is 2. The van der Waals surface area contributed by atoms with Gasteiger partial charge in [-0.3, -0.25) is 4.79 Å². The Morgan fingerprint density at radius 3 is 1.06 bits per heavy atom. The number of carbonyl (C=O) groups is 1. The predicted molar refractivity (Wildman–Crippen MR) is 216 cm³/mol. The Bertz CT molecular complexity index is 666. The maximum absolute atomic E-state index is 12.3. The Morgan fingerprint density at radius 2 is 0.755 bits per heavy atom. The summed E-state index contributed by atoms with van der Waals surface area (Å²) in [4.78, 5) is 12.3. The highest BCUT2D eigenvalue weighted by Crippen LogP contribution is 2.17. The lowest BCUT2D eigenvalue weighted by molar-refractivity contribution is -0.123. The lowest BCUT2D eigenvalue weighted by Crippen LogP contribution is -2.45. The van der Waals surface area contributed by atoms with Crippen LogP contribution in [0.5, 0.6) is 0 Å². The molecule has 4 heteroatoms. The molecular weight excluding hydrogens is 602 g/mol. The van der Waals surface area contributed by atoms with E-state index in [1.807, 2.05) is 6.08 Å². The molecule has 0 heterocycles. The Balaban J connectivity index is 3.39. The molecule has 292 valence electrons. The first-order chi connectivity index (χ1) is 24.2. The molecule has 0 fully saturated rings. The van der Waals surface area contributed by atoms with Gasteiger partial charge in [0.2, 0.25) is 5.91 Å². The molecule has 2 atom stereocenters. The van der Waals surface area contributed by atoms with E-state index in [0.29, 0.717) is 6.42 Å². The number of unbranched alkanes of at least 4 members (excludes halogenated alkanes) is 34. The van der Waals surface area contributed by atoms with Crippen LogP contribution in [-0.2, 0) is 4.79 Å². The predicted octanol–water partition coefficient (Wildman–Crippen LogP) is 13.9. The van der Waals surface area contributed by atoms with Gasteiger partial charge in [-0.25, -0.2) is 0 Å². The third kappa shape index (κ3) is 38.2. The summed E-state index contributed by atoms with van der Waals surface area (Å²) < 4.78 is 0. The molecule has 0 radical (unpaired) electrons. The molecule has 0 aliphatic rings. The second-order valence-corrected chi connectivity index (χ2v) is 15.5. The molecule has 1 amide bonds. The number of allylic oxidation sites excluding steroid dienone is 1. The first-order valence-electron chi connectivity index (χ1n) is 22.4. The first kappa shape index (κ1) is 48.1. The molecule has 49 heavy (non-hydrogen) atoms. The number of carbonyl (C=O) groups excluding carboxylic acids is 1. The van der Waals surface area contributed by atoms with Gasteiger partial charge in [-0.1, -0.05) is 238 Å². The van der Waals surface area contributed by atoms with E-state index < -0.39 is 12.1 Å². The average Bonchev–Trinajstić information content (AvgIpc) is 3.10. The standard InChI is InChI=1S/C45H89NO3/c1-3-5-7-9-11-13-14-15-16-17-18-19-20-21-22-23-24-25-26-27-28-29-30-31-33-35-37-39-41-45(49)46-43(42-47)44(48)40-38-36-34-32-12-10-8-6-4-2/h38,40,43-44,47-48H,3-37,39,41-42H2,1-2H3,(H,46,49)/b40-38+. The fraction of sp³-hybridized carbons (Fsp3) is 0.933. The van der Waals surface area contributed by atoms with Crippen molar-refractivity contribution in [2.75, 3.05) is 6.61 Å². The smallest absolute Gasteiger partial charge is 0.220 e. The number of hydrogen-bond donors (Lipinski definition) is 3. The molecular formula is C45H89NO3. The minimum absolute atomic E-state index is 0.0617. The second-order valence-electron chi connectivity index (χ2n) is 15.5. The minimum atomic E-state index is -0.831. The average molecular weight is 692 g/mol. The van der Waals surface area contributed by atoms with Gasteiger partial charge < -0.3 is 15.5 Å². The summed E-state index contributed by atoms with van der Waals surface area (Å²) in [6.07, 6.45) is 52.0. The fourth-order valence-corrected chi connectivity index (χ4v) is 7.06. The number of aliphatic hydroxyl groups is 2. The third-order valence-corrected chi connectivity index (χ3v) is 10.5. The van der Waals surface area contributed by atoms with Crippen molar-refractivity contribution >= 4 is 5.91 Å². The Morgan fingerprint density at radius 1 is 0.469 bits per heavy atom. The van der Waals surface area contributed by atoms with Crippen LogP contribution in [0.15, 0.2) is 12.2 Å². The molecule has 0 aromatic carbocycles. The van der Waals surface area contributed by atoms with Gasteiger partial charge in [0.25, 0.3) is 0 Å². The summed E-state index contributed by atoms with van der Waals surface area (Å²) in [5.41, 5.74) is 0. The molecule has 4 nitrogen and oxygen atoms in total. The van der Waals surface area contributed by atoms with Gasteiger partial charge in [0, 0.05) is 6.42 Å². The lowest BCUT2D eigenvalue weighted by Gasteiger charge is -2.20. The van der Waals surface area contributed by atoms with Crippen molar-refractivity contribution in [1.29, 1.82) is 0 Å². The minimum Gasteiger partial charge on any atom is -0.394 e. The van der Waals surface area contributed by atoms with Crippen LogP contribution in [0.25, 0.3) is 0 Å². The first-order valence-corrected chi connectivity index (χ1v) is 22.4. The van der Waals surface area contributed by atoms with E-state index in [1.165, 1.54) is 205 Å². The summed E-state index contributed by atoms with van der Waals surface area (Å²) in [7, 11) is 0. The van der Waals surface area contributed by atoms with E-state index in [1.54, 1.807) is 6.08 Å². The highest BCUT2D eigenvalue weighted by Gasteiger charge is 2.17. The molecule has 0 aliphatic heterocycles. The SMILES string of the molecule is CCCCCCCCC/C=C/C(O)C(CO)NC(=O)CCCCCCCCCCCCCCCCCCCCCCCCCCCCCC. The Kier molecular flexibility index (Phi) is 40.8. The molecule has 0 aromatic rings.